The number of carbonyl (C=O) groups excluding carboxylic acids is 1. The highest BCUT2D eigenvalue weighted by Crippen LogP contribution is 2.13. The van der Waals surface area contributed by atoms with Gasteiger partial charge in [-0.3, -0.25) is 4.79 Å². The number of ether oxygens (including phenoxy) is 2. The summed E-state index contributed by atoms with van der Waals surface area (Å²) in [5, 5.41) is 2.73. The number of nitrogens with zero attached hydrogens (tertiary/aromatic N) is 4. The standard InChI is InChI=1S/C14H17N5O4/c1-21-14-17-11(8-15-12(20)10-2-5-23-9-10)16-13(18-14)19-3-6-22-7-4-19/h2,5,9H,3-4,6-8H2,1H3,(H,15,20). The van der Waals surface area contributed by atoms with Gasteiger partial charge in [0.05, 0.1) is 38.7 Å². The van der Waals surface area contributed by atoms with Crippen LogP contribution in [-0.2, 0) is 11.3 Å². The molecule has 2 aromatic heterocycles. The van der Waals surface area contributed by atoms with Gasteiger partial charge < -0.3 is 24.1 Å². The lowest BCUT2D eigenvalue weighted by Gasteiger charge is -2.26. The molecule has 0 radical (unpaired) electrons. The molecule has 3 heterocycles. The van der Waals surface area contributed by atoms with E-state index in [0.29, 0.717) is 43.6 Å². The molecular weight excluding hydrogens is 302 g/mol. The molecule has 0 aliphatic carbocycles. The molecular formula is C14H17N5O4. The number of nitrogens with one attached hydrogen (secondary N) is 1. The second kappa shape index (κ2) is 7.05. The predicted octanol–water partition coefficient (Wildman–Crippen LogP) is 0.240. The molecule has 122 valence electrons. The maximum atomic E-state index is 11.9. The number of methoxy groups -OCH3 is 1. The number of carbonyl (C=O) groups is 1. The summed E-state index contributed by atoms with van der Waals surface area (Å²) in [6.45, 7) is 2.82. The normalized spacial score (nSPS) is 14.6. The first-order valence-corrected chi connectivity index (χ1v) is 7.18. The van der Waals surface area contributed by atoms with E-state index < -0.39 is 0 Å². The molecule has 1 N–H and O–H groups in total. The van der Waals surface area contributed by atoms with E-state index in [0.717, 1.165) is 0 Å². The van der Waals surface area contributed by atoms with Crippen molar-refractivity contribution in [2.45, 2.75) is 6.54 Å². The highest BCUT2D eigenvalue weighted by atomic mass is 16.5. The average Bonchev–Trinajstić information content (AvgIpc) is 3.15. The first kappa shape index (κ1) is 15.2. The smallest absolute Gasteiger partial charge is 0.321 e. The number of rotatable bonds is 5. The number of hydrogen-bond acceptors (Lipinski definition) is 8. The van der Waals surface area contributed by atoms with Crippen molar-refractivity contribution in [2.75, 3.05) is 38.3 Å². The fourth-order valence-corrected chi connectivity index (χ4v) is 2.12. The fraction of sp³-hybridized carbons (Fsp3) is 0.429. The van der Waals surface area contributed by atoms with E-state index in [1.54, 1.807) is 6.07 Å². The minimum absolute atomic E-state index is 0.167. The Hall–Kier alpha value is -2.68. The van der Waals surface area contributed by atoms with Crippen LogP contribution in [0.15, 0.2) is 23.0 Å². The Morgan fingerprint density at radius 1 is 1.35 bits per heavy atom. The number of furan rings is 1. The molecule has 1 saturated heterocycles. The predicted molar refractivity (Wildman–Crippen MR) is 79.3 cm³/mol. The van der Waals surface area contributed by atoms with Gasteiger partial charge in [-0.05, 0) is 6.07 Å². The van der Waals surface area contributed by atoms with E-state index in [2.05, 4.69) is 20.3 Å². The van der Waals surface area contributed by atoms with Gasteiger partial charge in [0.15, 0.2) is 5.82 Å². The molecule has 2 aromatic rings. The fourth-order valence-electron chi connectivity index (χ4n) is 2.12. The van der Waals surface area contributed by atoms with Crippen LogP contribution in [0.2, 0.25) is 0 Å². The third-order valence-electron chi connectivity index (χ3n) is 3.32. The zero-order valence-corrected chi connectivity index (χ0v) is 12.7. The summed E-state index contributed by atoms with van der Waals surface area (Å²) < 4.78 is 15.3. The average molecular weight is 319 g/mol. The Morgan fingerprint density at radius 3 is 2.87 bits per heavy atom. The largest absolute Gasteiger partial charge is 0.472 e. The molecule has 0 saturated carbocycles. The van der Waals surface area contributed by atoms with Gasteiger partial charge in [0, 0.05) is 13.1 Å². The van der Waals surface area contributed by atoms with Crippen molar-refractivity contribution in [3.8, 4) is 6.01 Å². The lowest BCUT2D eigenvalue weighted by atomic mass is 10.3. The van der Waals surface area contributed by atoms with Crippen LogP contribution in [-0.4, -0.2) is 54.3 Å². The first-order valence-electron chi connectivity index (χ1n) is 7.18. The zero-order chi connectivity index (χ0) is 16.1. The van der Waals surface area contributed by atoms with E-state index in [1.807, 2.05) is 4.90 Å². The minimum Gasteiger partial charge on any atom is -0.472 e. The second-order valence-electron chi connectivity index (χ2n) is 4.83. The van der Waals surface area contributed by atoms with Gasteiger partial charge in [-0.2, -0.15) is 15.0 Å². The van der Waals surface area contributed by atoms with Crippen molar-refractivity contribution in [3.05, 3.63) is 30.0 Å². The maximum Gasteiger partial charge on any atom is 0.321 e. The molecule has 1 fully saturated rings. The van der Waals surface area contributed by atoms with Crippen LogP contribution in [0.3, 0.4) is 0 Å². The molecule has 0 bridgehead atoms. The Morgan fingerprint density at radius 2 is 2.17 bits per heavy atom. The molecule has 0 atom stereocenters. The summed E-state index contributed by atoms with van der Waals surface area (Å²) in [5.74, 6) is 0.689. The Bertz CT molecular complexity index is 655. The molecule has 0 spiro atoms. The van der Waals surface area contributed by atoms with E-state index >= 15 is 0 Å². The molecule has 3 rings (SSSR count). The summed E-state index contributed by atoms with van der Waals surface area (Å²) in [5.41, 5.74) is 0.444. The van der Waals surface area contributed by atoms with Gasteiger partial charge in [0.1, 0.15) is 6.26 Å². The lowest BCUT2D eigenvalue weighted by Crippen LogP contribution is -2.37. The molecule has 1 aliphatic heterocycles. The van der Waals surface area contributed by atoms with Gasteiger partial charge in [-0.15, -0.1) is 0 Å². The van der Waals surface area contributed by atoms with Crippen LogP contribution in [0, 0.1) is 0 Å². The van der Waals surface area contributed by atoms with Crippen molar-refractivity contribution in [1.29, 1.82) is 0 Å². The summed E-state index contributed by atoms with van der Waals surface area (Å²) in [7, 11) is 1.49. The lowest BCUT2D eigenvalue weighted by molar-refractivity contribution is 0.0949. The van der Waals surface area contributed by atoms with Gasteiger partial charge in [-0.25, -0.2) is 0 Å². The maximum absolute atomic E-state index is 11.9. The minimum atomic E-state index is -0.258. The number of aromatic nitrogens is 3. The number of anilines is 1. The Kier molecular flexibility index (Phi) is 4.67. The van der Waals surface area contributed by atoms with Crippen LogP contribution >= 0.6 is 0 Å². The van der Waals surface area contributed by atoms with Crippen LogP contribution in [0.1, 0.15) is 16.2 Å². The summed E-state index contributed by atoms with van der Waals surface area (Å²) in [4.78, 5) is 26.7. The van der Waals surface area contributed by atoms with E-state index in [1.165, 1.54) is 19.6 Å². The van der Waals surface area contributed by atoms with Gasteiger partial charge in [-0.1, -0.05) is 0 Å². The first-order chi connectivity index (χ1) is 11.3. The Balaban J connectivity index is 1.71. The van der Waals surface area contributed by atoms with E-state index in [-0.39, 0.29) is 18.5 Å². The molecule has 0 aromatic carbocycles. The molecule has 1 amide bonds. The van der Waals surface area contributed by atoms with Gasteiger partial charge in [0.25, 0.3) is 5.91 Å². The van der Waals surface area contributed by atoms with Gasteiger partial charge >= 0.3 is 6.01 Å². The number of hydrogen-bond donors (Lipinski definition) is 1. The van der Waals surface area contributed by atoms with Crippen molar-refractivity contribution >= 4 is 11.9 Å². The number of morpholine rings is 1. The van der Waals surface area contributed by atoms with E-state index in [4.69, 9.17) is 13.9 Å². The Labute approximate surface area is 132 Å². The molecule has 23 heavy (non-hydrogen) atoms. The van der Waals surface area contributed by atoms with Crippen molar-refractivity contribution in [2.24, 2.45) is 0 Å². The SMILES string of the molecule is COc1nc(CNC(=O)c2ccoc2)nc(N2CCOCC2)n1. The van der Waals surface area contributed by atoms with Gasteiger partial charge in [0.2, 0.25) is 5.95 Å². The highest BCUT2D eigenvalue weighted by molar-refractivity contribution is 5.93. The monoisotopic (exact) mass is 319 g/mol. The highest BCUT2D eigenvalue weighted by Gasteiger charge is 2.17. The third-order valence-corrected chi connectivity index (χ3v) is 3.32. The van der Waals surface area contributed by atoms with Crippen molar-refractivity contribution in [3.63, 3.8) is 0 Å². The van der Waals surface area contributed by atoms with E-state index in [9.17, 15) is 4.79 Å². The molecule has 9 heteroatoms. The summed E-state index contributed by atoms with van der Waals surface area (Å²) in [6.07, 6.45) is 2.82. The van der Waals surface area contributed by atoms with Crippen LogP contribution in [0.4, 0.5) is 5.95 Å². The molecule has 0 unspecified atom stereocenters. The van der Waals surface area contributed by atoms with Crippen LogP contribution in [0.25, 0.3) is 0 Å². The number of amides is 1. The quantitative estimate of drug-likeness (QED) is 0.836. The van der Waals surface area contributed by atoms with Crippen LogP contribution < -0.4 is 15.0 Å². The third kappa shape index (κ3) is 3.75. The molecule has 1 aliphatic rings. The zero-order valence-electron chi connectivity index (χ0n) is 12.7. The van der Waals surface area contributed by atoms with Crippen LogP contribution in [0.5, 0.6) is 6.01 Å². The molecule has 9 nitrogen and oxygen atoms in total. The van der Waals surface area contributed by atoms with Crippen molar-refractivity contribution in [1.82, 2.24) is 20.3 Å². The topological polar surface area (TPSA) is 103 Å². The summed E-state index contributed by atoms with van der Waals surface area (Å²) >= 11 is 0. The summed E-state index contributed by atoms with van der Waals surface area (Å²) in [6, 6.07) is 1.80. The second-order valence-corrected chi connectivity index (χ2v) is 4.83. The van der Waals surface area contributed by atoms with Crippen molar-refractivity contribution < 1.29 is 18.7 Å².